The largest absolute Gasteiger partial charge is 0.310 e. The first-order valence-electron chi connectivity index (χ1n) is 20.3. The Hall–Kier alpha value is -7.74. The van der Waals surface area contributed by atoms with Gasteiger partial charge in [0.1, 0.15) is 0 Å². The molecule has 11 rings (SSSR count). The highest BCUT2D eigenvalue weighted by molar-refractivity contribution is 6.17. The average Bonchev–Trinajstić information content (AvgIpc) is 3.32. The fourth-order valence-corrected chi connectivity index (χ4v) is 8.83. The van der Waals surface area contributed by atoms with E-state index < -0.39 is 0 Å². The summed E-state index contributed by atoms with van der Waals surface area (Å²) in [6, 6.07) is 86.2. The quantitative estimate of drug-likeness (QED) is 0.147. The molecule has 1 nitrogen and oxygen atoms in total. The van der Waals surface area contributed by atoms with E-state index in [2.05, 4.69) is 241 Å². The predicted octanol–water partition coefficient (Wildman–Crippen LogP) is 16.4. The van der Waals surface area contributed by atoms with Crippen LogP contribution in [0.4, 0.5) is 17.1 Å². The van der Waals surface area contributed by atoms with Crippen LogP contribution in [-0.2, 0) is 0 Å². The van der Waals surface area contributed by atoms with Crippen molar-refractivity contribution < 1.29 is 0 Å². The Labute approximate surface area is 344 Å². The van der Waals surface area contributed by atoms with Crippen molar-refractivity contribution in [3.05, 3.63) is 237 Å². The van der Waals surface area contributed by atoms with Gasteiger partial charge in [-0.3, -0.25) is 0 Å². The second-order valence-corrected chi connectivity index (χ2v) is 15.3. The van der Waals surface area contributed by atoms with Crippen LogP contribution in [0.15, 0.2) is 237 Å². The molecule has 0 atom stereocenters. The Morgan fingerprint density at radius 3 is 1.36 bits per heavy atom. The molecule has 0 radical (unpaired) electrons. The van der Waals surface area contributed by atoms with E-state index in [0.29, 0.717) is 0 Å². The fraction of sp³-hybridized carbons (Fsp3) is 0. The summed E-state index contributed by atoms with van der Waals surface area (Å²) in [5, 5.41) is 10.2. The van der Waals surface area contributed by atoms with Crippen LogP contribution in [0.3, 0.4) is 0 Å². The SMILES string of the molecule is c1ccc(-c2ccc(N(c3ccc(-c4ccc5ccc6c7ccccc7ccc6c5c4)cc3)c3cccc(-c4ccc(-c5cccc6ccccc56)cc4)c3)cc2)cc1. The van der Waals surface area contributed by atoms with Gasteiger partial charge in [0, 0.05) is 17.1 Å². The predicted molar refractivity (Wildman–Crippen MR) is 253 cm³/mol. The highest BCUT2D eigenvalue weighted by Gasteiger charge is 2.15. The molecule has 0 saturated carbocycles. The lowest BCUT2D eigenvalue weighted by Gasteiger charge is -2.26. The summed E-state index contributed by atoms with van der Waals surface area (Å²) < 4.78 is 0. The lowest BCUT2D eigenvalue weighted by atomic mass is 9.94. The van der Waals surface area contributed by atoms with Crippen molar-refractivity contribution in [1.82, 2.24) is 0 Å². The molecule has 0 aliphatic heterocycles. The topological polar surface area (TPSA) is 3.24 Å². The van der Waals surface area contributed by atoms with Gasteiger partial charge >= 0.3 is 0 Å². The molecule has 0 spiro atoms. The van der Waals surface area contributed by atoms with Crippen molar-refractivity contribution in [3.8, 4) is 44.5 Å². The van der Waals surface area contributed by atoms with Gasteiger partial charge in [0.05, 0.1) is 0 Å². The Morgan fingerprint density at radius 1 is 0.203 bits per heavy atom. The number of hydrogen-bond acceptors (Lipinski definition) is 1. The molecule has 276 valence electrons. The van der Waals surface area contributed by atoms with Crippen LogP contribution in [0, 0.1) is 0 Å². The maximum Gasteiger partial charge on any atom is 0.0467 e. The van der Waals surface area contributed by atoms with E-state index in [-0.39, 0.29) is 0 Å². The van der Waals surface area contributed by atoms with Crippen LogP contribution in [0.25, 0.3) is 87.6 Å². The van der Waals surface area contributed by atoms with Crippen molar-refractivity contribution >= 4 is 60.2 Å². The third kappa shape index (κ3) is 6.40. The molecule has 0 N–H and O–H groups in total. The number of fused-ring (bicyclic) bond motifs is 6. The monoisotopic (exact) mass is 749 g/mol. The molecule has 0 aliphatic rings. The van der Waals surface area contributed by atoms with Gasteiger partial charge < -0.3 is 4.90 Å². The molecule has 59 heavy (non-hydrogen) atoms. The van der Waals surface area contributed by atoms with Crippen LogP contribution in [-0.4, -0.2) is 0 Å². The molecule has 11 aromatic rings. The van der Waals surface area contributed by atoms with Gasteiger partial charge in [-0.1, -0.05) is 194 Å². The van der Waals surface area contributed by atoms with Crippen molar-refractivity contribution in [2.75, 3.05) is 4.90 Å². The molecule has 0 saturated heterocycles. The standard InChI is InChI=1S/C58H39N/c1-2-10-40(11-3-1)41-26-32-50(33-27-41)59(52-16-8-15-48(38-52)42-20-22-46(23-21-42)54-19-9-14-44-12-4-6-17-53(44)54)51-34-28-43(29-35-51)49-25-24-47-31-36-56-55-18-7-5-13-45(55)30-37-57(56)58(47)39-49/h1-39H. The van der Waals surface area contributed by atoms with E-state index in [1.54, 1.807) is 0 Å². The van der Waals surface area contributed by atoms with E-state index in [4.69, 9.17) is 0 Å². The minimum atomic E-state index is 1.10. The van der Waals surface area contributed by atoms with Gasteiger partial charge in [0.25, 0.3) is 0 Å². The summed E-state index contributed by atoms with van der Waals surface area (Å²) in [4.78, 5) is 2.37. The zero-order valence-electron chi connectivity index (χ0n) is 32.5. The Balaban J connectivity index is 0.966. The van der Waals surface area contributed by atoms with E-state index in [1.165, 1.54) is 87.6 Å². The highest BCUT2D eigenvalue weighted by Crippen LogP contribution is 2.40. The number of nitrogens with zero attached hydrogens (tertiary/aromatic N) is 1. The number of hydrogen-bond donors (Lipinski definition) is 0. The van der Waals surface area contributed by atoms with Crippen molar-refractivity contribution in [3.63, 3.8) is 0 Å². The molecule has 0 aliphatic carbocycles. The lowest BCUT2D eigenvalue weighted by Crippen LogP contribution is -2.10. The van der Waals surface area contributed by atoms with Gasteiger partial charge in [-0.15, -0.1) is 0 Å². The maximum atomic E-state index is 2.37. The Bertz CT molecular complexity index is 3280. The maximum absolute atomic E-state index is 2.37. The molecule has 0 heterocycles. The third-order valence-electron chi connectivity index (χ3n) is 11.9. The van der Waals surface area contributed by atoms with Gasteiger partial charge in [0.2, 0.25) is 0 Å². The molecular formula is C58H39N. The molecule has 0 fully saturated rings. The summed E-state index contributed by atoms with van der Waals surface area (Å²) in [7, 11) is 0. The van der Waals surface area contributed by atoms with Crippen LogP contribution in [0.5, 0.6) is 0 Å². The van der Waals surface area contributed by atoms with Gasteiger partial charge in [-0.25, -0.2) is 0 Å². The first-order chi connectivity index (χ1) is 29.2. The van der Waals surface area contributed by atoms with E-state index in [9.17, 15) is 0 Å². The lowest BCUT2D eigenvalue weighted by molar-refractivity contribution is 1.28. The summed E-state index contributed by atoms with van der Waals surface area (Å²) in [6.07, 6.45) is 0. The normalized spacial score (nSPS) is 11.4. The van der Waals surface area contributed by atoms with Gasteiger partial charge in [0.15, 0.2) is 0 Å². The molecular weight excluding hydrogens is 711 g/mol. The molecule has 0 aromatic heterocycles. The van der Waals surface area contributed by atoms with E-state index >= 15 is 0 Å². The first kappa shape index (κ1) is 34.5. The number of rotatable bonds is 7. The van der Waals surface area contributed by atoms with E-state index in [1.807, 2.05) is 0 Å². The van der Waals surface area contributed by atoms with Crippen molar-refractivity contribution in [2.24, 2.45) is 0 Å². The second kappa shape index (κ2) is 14.6. The summed E-state index contributed by atoms with van der Waals surface area (Å²) in [5.41, 5.74) is 12.9. The summed E-state index contributed by atoms with van der Waals surface area (Å²) in [5.74, 6) is 0. The molecule has 1 heteroatoms. The molecule has 0 unspecified atom stereocenters. The first-order valence-corrected chi connectivity index (χ1v) is 20.3. The summed E-state index contributed by atoms with van der Waals surface area (Å²) >= 11 is 0. The molecule has 11 aromatic carbocycles. The molecule has 0 amide bonds. The van der Waals surface area contributed by atoms with Crippen LogP contribution in [0.1, 0.15) is 0 Å². The third-order valence-corrected chi connectivity index (χ3v) is 11.9. The highest BCUT2D eigenvalue weighted by atomic mass is 15.1. The van der Waals surface area contributed by atoms with Crippen molar-refractivity contribution in [1.29, 1.82) is 0 Å². The summed E-state index contributed by atoms with van der Waals surface area (Å²) in [6.45, 7) is 0. The van der Waals surface area contributed by atoms with Crippen LogP contribution in [0.2, 0.25) is 0 Å². The van der Waals surface area contributed by atoms with Crippen LogP contribution >= 0.6 is 0 Å². The smallest absolute Gasteiger partial charge is 0.0467 e. The minimum absolute atomic E-state index is 1.10. The Morgan fingerprint density at radius 2 is 0.644 bits per heavy atom. The van der Waals surface area contributed by atoms with Crippen molar-refractivity contribution in [2.45, 2.75) is 0 Å². The average molecular weight is 750 g/mol. The van der Waals surface area contributed by atoms with Gasteiger partial charge in [-0.05, 0) is 130 Å². The second-order valence-electron chi connectivity index (χ2n) is 15.3. The van der Waals surface area contributed by atoms with Crippen LogP contribution < -0.4 is 4.90 Å². The zero-order valence-corrected chi connectivity index (χ0v) is 32.5. The minimum Gasteiger partial charge on any atom is -0.310 e. The van der Waals surface area contributed by atoms with Gasteiger partial charge in [-0.2, -0.15) is 0 Å². The Kier molecular flexibility index (Phi) is 8.56. The van der Waals surface area contributed by atoms with E-state index in [0.717, 1.165) is 17.1 Å². The molecule has 0 bridgehead atoms. The zero-order chi connectivity index (χ0) is 39.1. The number of anilines is 3. The number of benzene rings is 11. The fourth-order valence-electron chi connectivity index (χ4n) is 8.83.